The van der Waals surface area contributed by atoms with Gasteiger partial charge in [0.25, 0.3) is 0 Å². The first-order valence-electron chi connectivity index (χ1n) is 14.8. The van der Waals surface area contributed by atoms with Crippen molar-refractivity contribution in [3.63, 3.8) is 0 Å². The minimum Gasteiger partial charge on any atom is -0.490 e. The van der Waals surface area contributed by atoms with Gasteiger partial charge < -0.3 is 4.74 Å². The summed E-state index contributed by atoms with van der Waals surface area (Å²) in [4.78, 5) is 0. The first-order valence-corrected chi connectivity index (χ1v) is 14.8. The number of allylic oxidation sites excluding steroid dienone is 2. The lowest BCUT2D eigenvalue weighted by Gasteiger charge is -2.22. The highest BCUT2D eigenvalue weighted by Gasteiger charge is 2.21. The maximum absolute atomic E-state index is 15.2. The molecule has 0 radical (unpaired) electrons. The van der Waals surface area contributed by atoms with Crippen molar-refractivity contribution in [3.8, 4) is 28.0 Å². The van der Waals surface area contributed by atoms with Gasteiger partial charge in [-0.05, 0) is 60.4 Å². The Balaban J connectivity index is 1.44. The fourth-order valence-electron chi connectivity index (χ4n) is 5.58. The van der Waals surface area contributed by atoms with Crippen LogP contribution in [0.25, 0.3) is 27.8 Å². The summed E-state index contributed by atoms with van der Waals surface area (Å²) in [6, 6.07) is 12.5. The summed E-state index contributed by atoms with van der Waals surface area (Å²) in [7, 11) is 0. The molecule has 0 saturated heterocycles. The number of rotatable bonds is 13. The third-order valence-corrected chi connectivity index (χ3v) is 7.95. The third-order valence-electron chi connectivity index (χ3n) is 7.95. The van der Waals surface area contributed by atoms with Gasteiger partial charge >= 0.3 is 0 Å². The molecule has 0 heterocycles. The highest BCUT2D eigenvalue weighted by Crippen LogP contribution is 2.37. The van der Waals surface area contributed by atoms with E-state index in [1.54, 1.807) is 36.4 Å². The number of hydrogen-bond donors (Lipinski definition) is 0. The predicted molar refractivity (Wildman–Crippen MR) is 156 cm³/mol. The quantitative estimate of drug-likeness (QED) is 0.151. The zero-order valence-corrected chi connectivity index (χ0v) is 23.7. The van der Waals surface area contributed by atoms with Crippen LogP contribution in [0.2, 0.25) is 0 Å². The maximum atomic E-state index is 15.2. The molecule has 0 amide bonds. The average molecular weight is 553 g/mol. The fourth-order valence-corrected chi connectivity index (χ4v) is 5.58. The van der Waals surface area contributed by atoms with Crippen LogP contribution < -0.4 is 4.74 Å². The van der Waals surface area contributed by atoms with E-state index in [-0.39, 0.29) is 16.9 Å². The van der Waals surface area contributed by atoms with Gasteiger partial charge in [0.15, 0.2) is 23.2 Å². The molecule has 3 aromatic carbocycles. The minimum absolute atomic E-state index is 0.0866. The van der Waals surface area contributed by atoms with Crippen molar-refractivity contribution >= 4 is 5.57 Å². The largest absolute Gasteiger partial charge is 0.490 e. The first-order chi connectivity index (χ1) is 19.4. The van der Waals surface area contributed by atoms with Crippen molar-refractivity contribution in [1.29, 1.82) is 0 Å². The van der Waals surface area contributed by atoms with Crippen LogP contribution in [0.1, 0.15) is 90.0 Å². The summed E-state index contributed by atoms with van der Waals surface area (Å²) in [6.07, 6.45) is 13.4. The van der Waals surface area contributed by atoms with Gasteiger partial charge in [0.2, 0.25) is 5.82 Å². The predicted octanol–water partition coefficient (Wildman–Crippen LogP) is 11.3. The van der Waals surface area contributed by atoms with Crippen LogP contribution in [0.3, 0.4) is 0 Å². The molecule has 0 aliphatic heterocycles. The lowest BCUT2D eigenvalue weighted by Crippen LogP contribution is -2.06. The molecule has 0 N–H and O–H groups in total. The lowest BCUT2D eigenvalue weighted by atomic mass is 9.84. The van der Waals surface area contributed by atoms with E-state index in [1.165, 1.54) is 31.4 Å². The van der Waals surface area contributed by atoms with Gasteiger partial charge in [-0.25, -0.2) is 13.2 Å². The Labute approximate surface area is 236 Å². The number of ether oxygens (including phenoxy) is 1. The highest BCUT2D eigenvalue weighted by molar-refractivity contribution is 5.74. The van der Waals surface area contributed by atoms with Crippen molar-refractivity contribution in [3.05, 3.63) is 83.4 Å². The van der Waals surface area contributed by atoms with Gasteiger partial charge in [-0.2, -0.15) is 4.39 Å². The van der Waals surface area contributed by atoms with Crippen LogP contribution in [0.4, 0.5) is 17.6 Å². The van der Waals surface area contributed by atoms with Crippen LogP contribution in [0, 0.1) is 29.2 Å². The third kappa shape index (κ3) is 7.16. The maximum Gasteiger partial charge on any atom is 0.201 e. The second-order valence-corrected chi connectivity index (χ2v) is 10.9. The molecule has 0 saturated carbocycles. The Bertz CT molecular complexity index is 1300. The van der Waals surface area contributed by atoms with E-state index in [9.17, 15) is 8.78 Å². The van der Waals surface area contributed by atoms with E-state index in [2.05, 4.69) is 19.9 Å². The summed E-state index contributed by atoms with van der Waals surface area (Å²) in [5.74, 6) is -3.23. The molecule has 1 unspecified atom stereocenters. The van der Waals surface area contributed by atoms with E-state index in [4.69, 9.17) is 4.74 Å². The van der Waals surface area contributed by atoms with Gasteiger partial charge in [-0.15, -0.1) is 0 Å². The summed E-state index contributed by atoms with van der Waals surface area (Å²) in [5.41, 5.74) is 2.31. The van der Waals surface area contributed by atoms with Crippen LogP contribution in [-0.2, 0) is 0 Å². The zero-order valence-electron chi connectivity index (χ0n) is 23.7. The second-order valence-electron chi connectivity index (χ2n) is 10.9. The SMILES string of the molecule is CCCCCCCCOc1ccc(-c2ccc(-c3ccc(C4=CCC(CCC)CC4)c(F)c3F)cc2)c(F)c1F. The second kappa shape index (κ2) is 14.5. The Kier molecular flexibility index (Phi) is 10.9. The van der Waals surface area contributed by atoms with E-state index in [1.807, 2.05) is 0 Å². The van der Waals surface area contributed by atoms with Crippen molar-refractivity contribution in [2.75, 3.05) is 6.61 Å². The molecule has 1 nitrogen and oxygen atoms in total. The lowest BCUT2D eigenvalue weighted by molar-refractivity contribution is 0.285. The van der Waals surface area contributed by atoms with Crippen LogP contribution in [-0.4, -0.2) is 6.61 Å². The average Bonchev–Trinajstić information content (AvgIpc) is 2.97. The molecule has 0 fully saturated rings. The Morgan fingerprint density at radius 3 is 1.85 bits per heavy atom. The summed E-state index contributed by atoms with van der Waals surface area (Å²) in [6.45, 7) is 4.67. The molecule has 0 spiro atoms. The molecule has 40 heavy (non-hydrogen) atoms. The van der Waals surface area contributed by atoms with Gasteiger partial charge in [0.05, 0.1) is 6.61 Å². The molecular formula is C35H40F4O. The molecule has 0 bridgehead atoms. The Morgan fingerprint density at radius 1 is 0.650 bits per heavy atom. The summed E-state index contributed by atoms with van der Waals surface area (Å²) in [5, 5.41) is 0. The summed E-state index contributed by atoms with van der Waals surface area (Å²) < 4.78 is 65.4. The van der Waals surface area contributed by atoms with Crippen LogP contribution in [0.5, 0.6) is 5.75 Å². The van der Waals surface area contributed by atoms with Crippen molar-refractivity contribution in [1.82, 2.24) is 0 Å². The normalized spacial score (nSPS) is 15.2. The van der Waals surface area contributed by atoms with Crippen molar-refractivity contribution in [2.24, 2.45) is 5.92 Å². The number of hydrogen-bond acceptors (Lipinski definition) is 1. The van der Waals surface area contributed by atoms with E-state index in [0.29, 0.717) is 29.2 Å². The first kappa shape index (κ1) is 29.9. The standard InChI is InChI=1S/C35H40F4O/c1-3-5-6-7-8-9-23-40-31-22-21-30(34(38)35(31)39)27-17-15-26(16-18-27)29-20-19-28(32(36)33(29)37)25-13-11-24(10-4-2)12-14-25/h13,15-22,24H,3-12,14,23H2,1-2H3. The highest BCUT2D eigenvalue weighted by atomic mass is 19.2. The molecule has 3 aromatic rings. The molecule has 1 atom stereocenters. The fraction of sp³-hybridized carbons (Fsp3) is 0.429. The number of halogens is 4. The van der Waals surface area contributed by atoms with Crippen molar-refractivity contribution < 1.29 is 22.3 Å². The molecule has 214 valence electrons. The van der Waals surface area contributed by atoms with E-state index >= 15 is 8.78 Å². The van der Waals surface area contributed by atoms with E-state index in [0.717, 1.165) is 56.9 Å². The molecule has 4 rings (SSSR count). The van der Waals surface area contributed by atoms with Crippen LogP contribution >= 0.6 is 0 Å². The molecule has 0 aromatic heterocycles. The van der Waals surface area contributed by atoms with Gasteiger partial charge in [-0.1, -0.05) is 101 Å². The molecular weight excluding hydrogens is 512 g/mol. The van der Waals surface area contributed by atoms with E-state index < -0.39 is 23.3 Å². The van der Waals surface area contributed by atoms with Crippen molar-refractivity contribution in [2.45, 2.75) is 84.5 Å². The van der Waals surface area contributed by atoms with Gasteiger partial charge in [-0.3, -0.25) is 0 Å². The minimum atomic E-state index is -1.02. The Hall–Kier alpha value is -3.08. The number of benzene rings is 3. The molecule has 1 aliphatic carbocycles. The zero-order chi connectivity index (χ0) is 28.5. The van der Waals surface area contributed by atoms with Crippen LogP contribution in [0.15, 0.2) is 54.6 Å². The molecule has 1 aliphatic rings. The monoisotopic (exact) mass is 552 g/mol. The Morgan fingerprint density at radius 2 is 1.23 bits per heavy atom. The summed E-state index contributed by atoms with van der Waals surface area (Å²) >= 11 is 0. The molecule has 5 heteroatoms. The van der Waals surface area contributed by atoms with Gasteiger partial charge in [0, 0.05) is 16.7 Å². The number of unbranched alkanes of at least 4 members (excludes halogenated alkanes) is 5. The topological polar surface area (TPSA) is 9.23 Å². The smallest absolute Gasteiger partial charge is 0.201 e. The van der Waals surface area contributed by atoms with Gasteiger partial charge in [0.1, 0.15) is 0 Å².